The number of hydrogen-bond acceptors (Lipinski definition) is 5. The molecule has 3 aliphatic rings. The largest absolute Gasteiger partial charge is 0.454 e. The smallest absolute Gasteiger partial charge is 0.321 e. The fraction of sp³-hybridized carbons (Fsp3) is 0.444. The van der Waals surface area contributed by atoms with Crippen LogP contribution in [-0.4, -0.2) is 64.3 Å². The lowest BCUT2D eigenvalue weighted by molar-refractivity contribution is 0.0699. The van der Waals surface area contributed by atoms with E-state index in [-0.39, 0.29) is 18.7 Å². The molecule has 2 aromatic heterocycles. The molecule has 0 bridgehead atoms. The van der Waals surface area contributed by atoms with E-state index in [4.69, 9.17) is 9.47 Å². The van der Waals surface area contributed by atoms with Gasteiger partial charge in [-0.25, -0.2) is 9.31 Å². The third kappa shape index (κ3) is 4.34. The number of anilines is 1. The summed E-state index contributed by atoms with van der Waals surface area (Å²) in [7, 11) is 0. The molecule has 3 aliphatic heterocycles. The summed E-state index contributed by atoms with van der Waals surface area (Å²) in [6.07, 6.45) is 7.48. The van der Waals surface area contributed by atoms with Crippen LogP contribution in [0.25, 0.3) is 5.52 Å². The fourth-order valence-electron chi connectivity index (χ4n) is 5.39. The molecule has 2 fully saturated rings. The Kier molecular flexibility index (Phi) is 5.91. The number of urea groups is 1. The second-order valence-corrected chi connectivity index (χ2v) is 10.1. The Morgan fingerprint density at radius 1 is 0.944 bits per heavy atom. The Hall–Kier alpha value is -3.75. The van der Waals surface area contributed by atoms with Crippen molar-refractivity contribution in [2.45, 2.75) is 38.5 Å². The summed E-state index contributed by atoms with van der Waals surface area (Å²) in [5.41, 5.74) is 3.42. The quantitative estimate of drug-likeness (QED) is 0.591. The number of aromatic nitrogens is 2. The van der Waals surface area contributed by atoms with Crippen molar-refractivity contribution in [3.05, 3.63) is 53.9 Å². The molecule has 9 nitrogen and oxygen atoms in total. The maximum atomic E-state index is 13.2. The molecule has 0 unspecified atom stereocenters. The number of nitrogens with one attached hydrogen (secondary N) is 1. The van der Waals surface area contributed by atoms with Crippen LogP contribution in [0.1, 0.15) is 54.4 Å². The van der Waals surface area contributed by atoms with Gasteiger partial charge in [0.05, 0.1) is 17.3 Å². The molecular formula is C27H31N5O4. The number of carbonyl (C=O) groups is 2. The molecule has 3 aromatic rings. The monoisotopic (exact) mass is 489 g/mol. The van der Waals surface area contributed by atoms with Crippen molar-refractivity contribution in [2.75, 3.05) is 38.3 Å². The minimum Gasteiger partial charge on any atom is -0.454 e. The number of pyridine rings is 1. The number of hydrogen-bond donors (Lipinski definition) is 1. The van der Waals surface area contributed by atoms with Crippen LogP contribution < -0.4 is 14.8 Å². The molecule has 1 aromatic carbocycles. The molecule has 1 N–H and O–H groups in total. The number of nitrogens with zero attached hydrogens (tertiary/aromatic N) is 4. The predicted molar refractivity (Wildman–Crippen MR) is 135 cm³/mol. The number of likely N-dealkylation sites (tertiary alicyclic amines) is 2. The Morgan fingerprint density at radius 3 is 2.50 bits per heavy atom. The second kappa shape index (κ2) is 9.37. The molecular weight excluding hydrogens is 458 g/mol. The van der Waals surface area contributed by atoms with Crippen LogP contribution in [0.3, 0.4) is 0 Å². The van der Waals surface area contributed by atoms with Gasteiger partial charge in [-0.15, -0.1) is 0 Å². The summed E-state index contributed by atoms with van der Waals surface area (Å²) in [5, 5.41) is 7.39. The first kappa shape index (κ1) is 22.7. The number of rotatable bonds is 3. The highest BCUT2D eigenvalue weighted by atomic mass is 16.7. The van der Waals surface area contributed by atoms with E-state index in [2.05, 4.69) is 29.5 Å². The van der Waals surface area contributed by atoms with Crippen molar-refractivity contribution in [2.24, 2.45) is 5.92 Å². The summed E-state index contributed by atoms with van der Waals surface area (Å²) in [5.74, 6) is 2.42. The van der Waals surface area contributed by atoms with Gasteiger partial charge >= 0.3 is 6.03 Å². The first-order valence-corrected chi connectivity index (χ1v) is 12.8. The number of benzene rings is 1. The van der Waals surface area contributed by atoms with Crippen molar-refractivity contribution in [3.63, 3.8) is 0 Å². The first-order chi connectivity index (χ1) is 17.5. The Balaban J connectivity index is 1.10. The third-order valence-corrected chi connectivity index (χ3v) is 7.72. The zero-order chi connectivity index (χ0) is 24.6. The summed E-state index contributed by atoms with van der Waals surface area (Å²) >= 11 is 0. The van der Waals surface area contributed by atoms with E-state index < -0.39 is 0 Å². The van der Waals surface area contributed by atoms with Gasteiger partial charge < -0.3 is 24.6 Å². The van der Waals surface area contributed by atoms with E-state index in [1.807, 2.05) is 28.1 Å². The molecule has 0 spiro atoms. The van der Waals surface area contributed by atoms with Gasteiger partial charge in [0.15, 0.2) is 11.5 Å². The van der Waals surface area contributed by atoms with Crippen LogP contribution >= 0.6 is 0 Å². The van der Waals surface area contributed by atoms with Gasteiger partial charge in [0.1, 0.15) is 0 Å². The van der Waals surface area contributed by atoms with Crippen LogP contribution in [0.15, 0.2) is 42.7 Å². The lowest BCUT2D eigenvalue weighted by Gasteiger charge is -2.32. The van der Waals surface area contributed by atoms with Gasteiger partial charge in [-0.1, -0.05) is 6.92 Å². The molecule has 0 saturated carbocycles. The summed E-state index contributed by atoms with van der Waals surface area (Å²) in [6, 6.07) is 9.51. The molecule has 6 rings (SSSR count). The zero-order valence-corrected chi connectivity index (χ0v) is 20.5. The minimum absolute atomic E-state index is 0.0732. The molecule has 0 atom stereocenters. The fourth-order valence-corrected chi connectivity index (χ4v) is 5.39. The molecule has 188 valence electrons. The van der Waals surface area contributed by atoms with Crippen molar-refractivity contribution in [3.8, 4) is 11.5 Å². The van der Waals surface area contributed by atoms with E-state index in [1.54, 1.807) is 16.8 Å². The van der Waals surface area contributed by atoms with Crippen LogP contribution in [0.2, 0.25) is 0 Å². The lowest BCUT2D eigenvalue weighted by atomic mass is 9.89. The normalized spacial score (nSPS) is 18.6. The summed E-state index contributed by atoms with van der Waals surface area (Å²) in [4.78, 5) is 29.8. The van der Waals surface area contributed by atoms with Crippen molar-refractivity contribution in [1.82, 2.24) is 19.4 Å². The standard InChI is InChI=1S/C27H31N5O4/c1-18-4-9-30(10-5-18)26(33)22-16-28-32-13-8-20(14-23(22)32)19-6-11-31(12-7-19)27(34)29-21-2-3-24-25(15-21)36-17-35-24/h2-3,8,13-16,18-19H,4-7,9-12,17H2,1H3,(H,29,34). The van der Waals surface area contributed by atoms with Gasteiger partial charge in [0.25, 0.3) is 5.91 Å². The predicted octanol–water partition coefficient (Wildman–Crippen LogP) is 4.35. The maximum absolute atomic E-state index is 13.2. The van der Waals surface area contributed by atoms with Gasteiger partial charge in [0.2, 0.25) is 6.79 Å². The van der Waals surface area contributed by atoms with Crippen LogP contribution in [0.4, 0.5) is 10.5 Å². The van der Waals surface area contributed by atoms with Gasteiger partial charge in [0, 0.05) is 44.1 Å². The number of carbonyl (C=O) groups excluding carboxylic acids is 2. The van der Waals surface area contributed by atoms with E-state index in [9.17, 15) is 9.59 Å². The molecule has 36 heavy (non-hydrogen) atoms. The minimum atomic E-state index is -0.109. The highest BCUT2D eigenvalue weighted by molar-refractivity contribution is 6.00. The Morgan fingerprint density at radius 2 is 1.69 bits per heavy atom. The van der Waals surface area contributed by atoms with Gasteiger partial charge in [-0.2, -0.15) is 5.10 Å². The Bertz CT molecular complexity index is 1290. The van der Waals surface area contributed by atoms with E-state index in [0.717, 1.165) is 44.3 Å². The lowest BCUT2D eigenvalue weighted by Crippen LogP contribution is -2.40. The Labute approximate surface area is 210 Å². The molecule has 9 heteroatoms. The number of ether oxygens (including phenoxy) is 2. The maximum Gasteiger partial charge on any atom is 0.321 e. The average Bonchev–Trinajstić information content (AvgIpc) is 3.55. The van der Waals surface area contributed by atoms with Crippen molar-refractivity contribution >= 4 is 23.1 Å². The third-order valence-electron chi connectivity index (χ3n) is 7.72. The van der Waals surface area contributed by atoms with E-state index >= 15 is 0 Å². The zero-order valence-electron chi connectivity index (χ0n) is 20.5. The highest BCUT2D eigenvalue weighted by Gasteiger charge is 2.27. The highest BCUT2D eigenvalue weighted by Crippen LogP contribution is 2.35. The summed E-state index contributed by atoms with van der Waals surface area (Å²) in [6.45, 7) is 5.41. The van der Waals surface area contributed by atoms with Crippen LogP contribution in [0, 0.1) is 5.92 Å². The van der Waals surface area contributed by atoms with Crippen LogP contribution in [-0.2, 0) is 0 Å². The molecule has 3 amide bonds. The average molecular weight is 490 g/mol. The molecule has 0 radical (unpaired) electrons. The number of fused-ring (bicyclic) bond motifs is 2. The van der Waals surface area contributed by atoms with E-state index in [1.165, 1.54) is 5.56 Å². The van der Waals surface area contributed by atoms with Crippen molar-refractivity contribution in [1.29, 1.82) is 0 Å². The first-order valence-electron chi connectivity index (χ1n) is 12.8. The number of amides is 3. The van der Waals surface area contributed by atoms with Crippen molar-refractivity contribution < 1.29 is 19.1 Å². The molecule has 5 heterocycles. The second-order valence-electron chi connectivity index (χ2n) is 10.1. The topological polar surface area (TPSA) is 88.4 Å². The van der Waals surface area contributed by atoms with Crippen LogP contribution in [0.5, 0.6) is 11.5 Å². The van der Waals surface area contributed by atoms with E-state index in [0.29, 0.717) is 47.7 Å². The molecule has 2 saturated heterocycles. The number of piperidine rings is 2. The van der Waals surface area contributed by atoms with Gasteiger partial charge in [-0.05, 0) is 67.3 Å². The van der Waals surface area contributed by atoms with Gasteiger partial charge in [-0.3, -0.25) is 4.79 Å². The molecule has 0 aliphatic carbocycles. The summed E-state index contributed by atoms with van der Waals surface area (Å²) < 4.78 is 12.5. The SMILES string of the molecule is CC1CCN(C(=O)c2cnn3ccc(C4CCN(C(=O)Nc5ccc6c(c5)OCO6)CC4)cc23)CC1.